The van der Waals surface area contributed by atoms with Crippen LogP contribution in [0, 0.1) is 0 Å². The Morgan fingerprint density at radius 2 is 1.68 bits per heavy atom. The summed E-state index contributed by atoms with van der Waals surface area (Å²) in [6.07, 6.45) is -3.09. The van der Waals surface area contributed by atoms with Gasteiger partial charge in [0.15, 0.2) is 0 Å². The molecular formula is C18H14F3N3O. The van der Waals surface area contributed by atoms with Crippen molar-refractivity contribution < 1.29 is 17.9 Å². The van der Waals surface area contributed by atoms with Crippen LogP contribution in [0.5, 0.6) is 5.75 Å². The minimum Gasteiger partial charge on any atom is -0.406 e. The molecule has 3 N–H and O–H groups in total. The Balaban J connectivity index is 1.84. The summed E-state index contributed by atoms with van der Waals surface area (Å²) in [6.45, 7) is 0. The molecule has 4 nitrogen and oxygen atoms in total. The highest BCUT2D eigenvalue weighted by Crippen LogP contribution is 2.31. The van der Waals surface area contributed by atoms with Crippen molar-refractivity contribution in [2.24, 2.45) is 0 Å². The Morgan fingerprint density at radius 1 is 0.960 bits per heavy atom. The zero-order chi connectivity index (χ0) is 17.9. The third-order valence-electron chi connectivity index (χ3n) is 3.39. The molecule has 0 aliphatic rings. The summed E-state index contributed by atoms with van der Waals surface area (Å²) in [6, 6.07) is 16.6. The summed E-state index contributed by atoms with van der Waals surface area (Å²) in [7, 11) is 0. The lowest BCUT2D eigenvalue weighted by Gasteiger charge is -2.13. The van der Waals surface area contributed by atoms with Gasteiger partial charge in [0.25, 0.3) is 0 Å². The Bertz CT molecular complexity index is 864. The highest BCUT2D eigenvalue weighted by Gasteiger charge is 2.30. The van der Waals surface area contributed by atoms with E-state index in [1.807, 2.05) is 30.3 Å². The maximum absolute atomic E-state index is 12.2. The zero-order valence-electron chi connectivity index (χ0n) is 12.9. The second kappa shape index (κ2) is 6.72. The predicted molar refractivity (Wildman–Crippen MR) is 90.5 cm³/mol. The van der Waals surface area contributed by atoms with Crippen LogP contribution in [-0.2, 0) is 0 Å². The first-order valence-electron chi connectivity index (χ1n) is 7.34. The number of aromatic nitrogens is 1. The zero-order valence-corrected chi connectivity index (χ0v) is 12.9. The van der Waals surface area contributed by atoms with Crippen molar-refractivity contribution in [3.05, 3.63) is 66.9 Å². The maximum Gasteiger partial charge on any atom is 0.573 e. The molecule has 128 valence electrons. The number of hydrogen-bond donors (Lipinski definition) is 2. The number of nitrogens with two attached hydrogens (primary N) is 1. The number of para-hydroxylation sites is 1. The van der Waals surface area contributed by atoms with E-state index in [9.17, 15) is 13.2 Å². The summed E-state index contributed by atoms with van der Waals surface area (Å²) < 4.78 is 40.5. The molecule has 0 bridgehead atoms. The van der Waals surface area contributed by atoms with Crippen LogP contribution in [-0.4, -0.2) is 11.3 Å². The van der Waals surface area contributed by atoms with Crippen molar-refractivity contribution in [2.75, 3.05) is 11.1 Å². The molecular weight excluding hydrogens is 331 g/mol. The average Bonchev–Trinajstić information content (AvgIpc) is 2.56. The Hall–Kier alpha value is -3.22. The Labute approximate surface area is 142 Å². The standard InChI is InChI=1S/C18H14F3N3O/c19-18(20,21)25-14-7-5-13(6-8-14)24-16-4-2-1-3-15(16)12-9-10-23-17(22)11-12/h1-11,24H,(H2,22,23). The number of hydrogen-bond acceptors (Lipinski definition) is 4. The van der Waals surface area contributed by atoms with Crippen molar-refractivity contribution in [1.82, 2.24) is 4.98 Å². The number of nitrogen functional groups attached to an aromatic ring is 1. The van der Waals surface area contributed by atoms with E-state index < -0.39 is 6.36 Å². The molecule has 0 fully saturated rings. The highest BCUT2D eigenvalue weighted by atomic mass is 19.4. The first kappa shape index (κ1) is 16.6. The van der Waals surface area contributed by atoms with Crippen molar-refractivity contribution in [3.63, 3.8) is 0 Å². The van der Waals surface area contributed by atoms with E-state index in [4.69, 9.17) is 5.73 Å². The van der Waals surface area contributed by atoms with E-state index in [1.54, 1.807) is 12.3 Å². The van der Waals surface area contributed by atoms with E-state index in [2.05, 4.69) is 15.0 Å². The lowest BCUT2D eigenvalue weighted by molar-refractivity contribution is -0.274. The van der Waals surface area contributed by atoms with E-state index in [-0.39, 0.29) is 5.75 Å². The average molecular weight is 345 g/mol. The van der Waals surface area contributed by atoms with Crippen molar-refractivity contribution >= 4 is 17.2 Å². The molecule has 7 heteroatoms. The summed E-state index contributed by atoms with van der Waals surface area (Å²) >= 11 is 0. The fourth-order valence-electron chi connectivity index (χ4n) is 2.36. The second-order valence-corrected chi connectivity index (χ2v) is 5.21. The van der Waals surface area contributed by atoms with Crippen LogP contribution < -0.4 is 15.8 Å². The summed E-state index contributed by atoms with van der Waals surface area (Å²) in [5.41, 5.74) is 8.92. The molecule has 0 saturated carbocycles. The minimum atomic E-state index is -4.71. The smallest absolute Gasteiger partial charge is 0.406 e. The molecule has 0 atom stereocenters. The lowest BCUT2D eigenvalue weighted by Crippen LogP contribution is -2.16. The maximum atomic E-state index is 12.2. The normalized spacial score (nSPS) is 11.2. The number of nitrogens with one attached hydrogen (secondary N) is 1. The summed E-state index contributed by atoms with van der Waals surface area (Å²) in [4.78, 5) is 3.97. The molecule has 25 heavy (non-hydrogen) atoms. The van der Waals surface area contributed by atoms with Gasteiger partial charge in [0.2, 0.25) is 0 Å². The van der Waals surface area contributed by atoms with Gasteiger partial charge >= 0.3 is 6.36 Å². The molecule has 0 spiro atoms. The van der Waals surface area contributed by atoms with Crippen molar-refractivity contribution in [3.8, 4) is 16.9 Å². The van der Waals surface area contributed by atoms with Gasteiger partial charge in [0.1, 0.15) is 11.6 Å². The van der Waals surface area contributed by atoms with Crippen LogP contribution in [0.25, 0.3) is 11.1 Å². The van der Waals surface area contributed by atoms with Crippen LogP contribution >= 0.6 is 0 Å². The van der Waals surface area contributed by atoms with Crippen LogP contribution in [0.4, 0.5) is 30.4 Å². The largest absolute Gasteiger partial charge is 0.573 e. The fourth-order valence-corrected chi connectivity index (χ4v) is 2.36. The van der Waals surface area contributed by atoms with Crippen molar-refractivity contribution in [1.29, 1.82) is 0 Å². The van der Waals surface area contributed by atoms with Crippen LogP contribution in [0.3, 0.4) is 0 Å². The number of anilines is 3. The predicted octanol–water partition coefficient (Wildman–Crippen LogP) is 4.97. The quantitative estimate of drug-likeness (QED) is 0.701. The monoisotopic (exact) mass is 345 g/mol. The topological polar surface area (TPSA) is 60.2 Å². The highest BCUT2D eigenvalue weighted by molar-refractivity contribution is 5.81. The third kappa shape index (κ3) is 4.41. The van der Waals surface area contributed by atoms with Crippen LogP contribution in [0.1, 0.15) is 0 Å². The van der Waals surface area contributed by atoms with Crippen LogP contribution in [0.2, 0.25) is 0 Å². The van der Waals surface area contributed by atoms with E-state index in [0.29, 0.717) is 11.5 Å². The van der Waals surface area contributed by atoms with E-state index >= 15 is 0 Å². The SMILES string of the molecule is Nc1cc(-c2ccccc2Nc2ccc(OC(F)(F)F)cc2)ccn1. The number of nitrogens with zero attached hydrogens (tertiary/aromatic N) is 1. The van der Waals surface area contributed by atoms with Gasteiger partial charge < -0.3 is 15.8 Å². The lowest BCUT2D eigenvalue weighted by atomic mass is 10.0. The molecule has 0 radical (unpaired) electrons. The number of halogens is 3. The molecule has 2 aromatic carbocycles. The summed E-state index contributed by atoms with van der Waals surface area (Å²) in [5.74, 6) is 0.134. The molecule has 0 amide bonds. The number of pyridine rings is 1. The number of benzene rings is 2. The van der Waals surface area contributed by atoms with Gasteiger partial charge in [-0.05, 0) is 48.0 Å². The van der Waals surface area contributed by atoms with Gasteiger partial charge in [0.05, 0.1) is 0 Å². The van der Waals surface area contributed by atoms with Gasteiger partial charge in [-0.1, -0.05) is 18.2 Å². The Morgan fingerprint density at radius 3 is 2.36 bits per heavy atom. The first-order chi connectivity index (χ1) is 11.9. The molecule has 0 aliphatic heterocycles. The van der Waals surface area contributed by atoms with E-state index in [1.165, 1.54) is 24.3 Å². The summed E-state index contributed by atoms with van der Waals surface area (Å²) in [5, 5.41) is 3.18. The number of alkyl halides is 3. The Kier molecular flexibility index (Phi) is 4.47. The molecule has 0 saturated heterocycles. The molecule has 1 aromatic heterocycles. The second-order valence-electron chi connectivity index (χ2n) is 5.21. The van der Waals surface area contributed by atoms with Gasteiger partial charge in [0, 0.05) is 23.1 Å². The molecule has 3 rings (SSSR count). The van der Waals surface area contributed by atoms with E-state index in [0.717, 1.165) is 16.8 Å². The molecule has 0 aliphatic carbocycles. The van der Waals surface area contributed by atoms with Gasteiger partial charge in [-0.25, -0.2) is 4.98 Å². The third-order valence-corrected chi connectivity index (χ3v) is 3.39. The van der Waals surface area contributed by atoms with Crippen LogP contribution in [0.15, 0.2) is 66.9 Å². The van der Waals surface area contributed by atoms with Crippen molar-refractivity contribution in [2.45, 2.75) is 6.36 Å². The number of rotatable bonds is 4. The van der Waals surface area contributed by atoms with Gasteiger partial charge in [-0.15, -0.1) is 13.2 Å². The minimum absolute atomic E-state index is 0.270. The van der Waals surface area contributed by atoms with Gasteiger partial charge in [-0.3, -0.25) is 0 Å². The molecule has 0 unspecified atom stereocenters. The van der Waals surface area contributed by atoms with Gasteiger partial charge in [-0.2, -0.15) is 0 Å². The first-order valence-corrected chi connectivity index (χ1v) is 7.34. The fraction of sp³-hybridized carbons (Fsp3) is 0.0556. The molecule has 3 aromatic rings. The molecule has 1 heterocycles. The number of ether oxygens (including phenoxy) is 1.